The average molecular weight is 1050 g/mol. The van der Waals surface area contributed by atoms with Gasteiger partial charge in [0.05, 0.1) is 54.6 Å². The van der Waals surface area contributed by atoms with Crippen LogP contribution in [0.3, 0.4) is 0 Å². The highest BCUT2D eigenvalue weighted by atomic mass is 32.2. The molecule has 4 aromatic rings. The zero-order valence-electron chi connectivity index (χ0n) is 43.0. The normalized spacial score (nSPS) is 17.8. The van der Waals surface area contributed by atoms with Gasteiger partial charge in [0.25, 0.3) is 5.91 Å². The van der Waals surface area contributed by atoms with E-state index in [2.05, 4.69) is 111 Å². The number of nitrogens with one attached hydrogen (secondary N) is 3. The first kappa shape index (κ1) is 57.1. The fraction of sp³-hybridized carbons (Fsp3) is 0.509. The first-order valence-corrected chi connectivity index (χ1v) is 26.2. The Balaban J connectivity index is 0.000000352. The Morgan fingerprint density at radius 2 is 1.62 bits per heavy atom. The third-order valence-corrected chi connectivity index (χ3v) is 14.0. The van der Waals surface area contributed by atoms with Crippen LogP contribution in [-0.4, -0.2) is 151 Å². The molecule has 0 saturated carbocycles. The number of benzene rings is 3. The number of piperidine rings is 1. The monoisotopic (exact) mass is 1050 g/mol. The Kier molecular flexibility index (Phi) is 21.1. The number of thioether (sulfide) groups is 1. The lowest BCUT2D eigenvalue weighted by molar-refractivity contribution is -0.274. The van der Waals surface area contributed by atoms with E-state index >= 15 is 0 Å². The van der Waals surface area contributed by atoms with Crippen LogP contribution in [0.2, 0.25) is 0 Å². The first-order chi connectivity index (χ1) is 35.4. The number of fused-ring (bicyclic) bond motifs is 1. The van der Waals surface area contributed by atoms with Crippen LogP contribution in [0, 0.1) is 5.92 Å². The third-order valence-electron chi connectivity index (χ3n) is 12.9. The summed E-state index contributed by atoms with van der Waals surface area (Å²) >= 11 is 1.82. The van der Waals surface area contributed by atoms with Gasteiger partial charge in [0.1, 0.15) is 12.1 Å². The van der Waals surface area contributed by atoms with E-state index in [0.717, 1.165) is 90.9 Å². The molecule has 4 aliphatic heterocycles. The van der Waals surface area contributed by atoms with Crippen LogP contribution in [0.5, 0.6) is 5.75 Å². The number of nitrogen functional groups attached to an aromatic ring is 1. The van der Waals surface area contributed by atoms with Crippen molar-refractivity contribution in [1.29, 1.82) is 0 Å². The van der Waals surface area contributed by atoms with Crippen LogP contribution in [0.15, 0.2) is 72.7 Å². The Morgan fingerprint density at radius 3 is 2.24 bits per heavy atom. The lowest BCUT2D eigenvalue weighted by Gasteiger charge is -2.36. The van der Waals surface area contributed by atoms with Crippen molar-refractivity contribution in [2.45, 2.75) is 84.7 Å². The van der Waals surface area contributed by atoms with Gasteiger partial charge in [-0.25, -0.2) is 9.97 Å². The molecule has 6 N–H and O–H groups in total. The Hall–Kier alpha value is -6.16. The summed E-state index contributed by atoms with van der Waals surface area (Å²) in [7, 11) is 0. The number of carbonyl (C=O) groups excluding carboxylic acids is 4. The van der Waals surface area contributed by atoms with E-state index in [1.807, 2.05) is 18.7 Å². The quantitative estimate of drug-likeness (QED) is 0.0461. The maximum atomic E-state index is 13.2. The predicted molar refractivity (Wildman–Crippen MR) is 282 cm³/mol. The summed E-state index contributed by atoms with van der Waals surface area (Å²) in [6.45, 7) is 17.1. The molecular formula is C53H71F3N10O7S. The van der Waals surface area contributed by atoms with E-state index in [0.29, 0.717) is 52.0 Å². The smallest absolute Gasteiger partial charge is 0.406 e. The number of rotatable bonds is 16. The molecule has 3 fully saturated rings. The number of allylic oxidation sites excluding steroid dienone is 1. The molecule has 74 heavy (non-hydrogen) atoms. The number of nitrogens with zero attached hydrogens (tertiary/aromatic N) is 6. The first-order valence-electron chi connectivity index (χ1n) is 25.2. The lowest BCUT2D eigenvalue weighted by atomic mass is 9.90. The molecule has 17 nitrogen and oxygen atoms in total. The van der Waals surface area contributed by atoms with E-state index in [1.165, 1.54) is 22.2 Å². The van der Waals surface area contributed by atoms with Crippen molar-refractivity contribution in [3.05, 3.63) is 95.1 Å². The predicted octanol–water partition coefficient (Wildman–Crippen LogP) is 6.51. The molecule has 3 saturated heterocycles. The van der Waals surface area contributed by atoms with E-state index in [4.69, 9.17) is 10.5 Å². The molecule has 402 valence electrons. The second kappa shape index (κ2) is 27.4. The number of nitrogens with two attached hydrogens (primary N) is 1. The summed E-state index contributed by atoms with van der Waals surface area (Å²) in [5.74, 6) is 0.649. The molecule has 2 atom stereocenters. The van der Waals surface area contributed by atoms with Gasteiger partial charge in [-0.1, -0.05) is 45.0 Å². The number of halogens is 3. The third kappa shape index (κ3) is 16.9. The van der Waals surface area contributed by atoms with Crippen LogP contribution in [0.4, 0.5) is 24.5 Å². The summed E-state index contributed by atoms with van der Waals surface area (Å²) in [6, 6.07) is 18.0. The summed E-state index contributed by atoms with van der Waals surface area (Å²) in [5, 5.41) is 19.2. The van der Waals surface area contributed by atoms with Crippen LogP contribution in [-0.2, 0) is 19.1 Å². The van der Waals surface area contributed by atoms with Crippen molar-refractivity contribution in [2.75, 3.05) is 95.2 Å². The van der Waals surface area contributed by atoms with Crippen LogP contribution >= 0.6 is 11.8 Å². The molecule has 4 amide bonds. The van der Waals surface area contributed by atoms with Gasteiger partial charge in [-0.15, -0.1) is 24.9 Å². The highest BCUT2D eigenvalue weighted by molar-refractivity contribution is 8.08. The number of anilines is 2. The van der Waals surface area contributed by atoms with Crippen molar-refractivity contribution < 1.29 is 46.9 Å². The topological polar surface area (TPSA) is 208 Å². The van der Waals surface area contributed by atoms with Gasteiger partial charge < -0.3 is 51.0 Å². The van der Waals surface area contributed by atoms with Gasteiger partial charge in [-0.3, -0.25) is 24.1 Å². The Morgan fingerprint density at radius 1 is 0.919 bits per heavy atom. The number of aromatic nitrogens is 2. The number of alkyl halides is 3. The number of piperazine rings is 1. The zero-order valence-corrected chi connectivity index (χ0v) is 43.8. The van der Waals surface area contributed by atoms with Crippen molar-refractivity contribution >= 4 is 63.1 Å². The molecule has 1 unspecified atom stereocenters. The van der Waals surface area contributed by atoms with E-state index < -0.39 is 18.2 Å². The molecule has 21 heteroatoms. The number of carbonyl (C=O) groups is 4. The SMILES string of the molecule is CC(C)C.CC1=C(c2ccc([C@H](C)NC=O)cc2)SCN1.Nc1cc(OC(F)(F)F)ccc1C(=O)N1CCC(c2ncnc3cc(N4CCN(CCOCCC(=O)NCC(=O)N5CCC(O)C5)CC4)ccc23)CC1. The molecule has 0 radical (unpaired) electrons. The van der Waals surface area contributed by atoms with Crippen LogP contribution in [0.25, 0.3) is 15.8 Å². The fourth-order valence-electron chi connectivity index (χ4n) is 8.91. The Bertz CT molecular complexity index is 2530. The summed E-state index contributed by atoms with van der Waals surface area (Å²) in [4.78, 5) is 66.1. The zero-order chi connectivity index (χ0) is 53.4. The van der Waals surface area contributed by atoms with Gasteiger partial charge in [0, 0.05) is 105 Å². The number of aliphatic hydroxyl groups excluding tert-OH is 1. The molecule has 0 bridgehead atoms. The van der Waals surface area contributed by atoms with Gasteiger partial charge in [0.15, 0.2) is 0 Å². The molecule has 4 aliphatic rings. The van der Waals surface area contributed by atoms with Gasteiger partial charge >= 0.3 is 6.36 Å². The number of likely N-dealkylation sites (tertiary alicyclic amines) is 2. The minimum atomic E-state index is -4.85. The highest BCUT2D eigenvalue weighted by Gasteiger charge is 2.32. The molecule has 1 aromatic heterocycles. The maximum absolute atomic E-state index is 13.2. The number of β-amino-alcohol motifs (C(OH)–C–C–N with tert-alkyl or cyclic N) is 1. The number of ether oxygens (including phenoxy) is 2. The van der Waals surface area contributed by atoms with Crippen LogP contribution < -0.4 is 31.3 Å². The van der Waals surface area contributed by atoms with Crippen molar-refractivity contribution in [3.63, 3.8) is 0 Å². The largest absolute Gasteiger partial charge is 0.573 e. The van der Waals surface area contributed by atoms with Crippen molar-refractivity contribution in [2.24, 2.45) is 5.92 Å². The molecular weight excluding hydrogens is 978 g/mol. The molecule has 8 rings (SSSR count). The molecule has 0 aliphatic carbocycles. The number of aliphatic hydroxyl groups is 1. The minimum Gasteiger partial charge on any atom is -0.406 e. The van der Waals surface area contributed by atoms with Crippen molar-refractivity contribution in [3.8, 4) is 5.75 Å². The standard InChI is InChI=1S/C36H45F3N8O6.C13H16N2OS.C4H10/c37-36(38,39)53-27-2-4-28(30(40)20-27)35(51)46-9-5-24(6-10-46)34-29-3-1-25(19-31(29)42-23-43-34)45-14-12-44(13-15-45)16-18-52-17-8-32(49)41-21-33(50)47-11-7-26(48)22-47;1-9(14-7-16)11-3-5-12(6-4-11)13-10(2)15-8-17-13;1-4(2)3/h1-4,19-20,23-24,26,48H,5-18,21-22,40H2,(H,41,49);3-7,9,15H,8H2,1-2H3,(H,14,16);4H,1-3H3/t;9-;/m.0./s1. The summed E-state index contributed by atoms with van der Waals surface area (Å²) in [6.07, 6.45) is -0.947. The molecule has 3 aromatic carbocycles. The Labute approximate surface area is 435 Å². The summed E-state index contributed by atoms with van der Waals surface area (Å²) in [5.41, 5.74) is 12.4. The van der Waals surface area contributed by atoms with Gasteiger partial charge in [0.2, 0.25) is 18.2 Å². The second-order valence-electron chi connectivity index (χ2n) is 19.4. The average Bonchev–Trinajstić information content (AvgIpc) is 4.02. The summed E-state index contributed by atoms with van der Waals surface area (Å²) < 4.78 is 47.3. The van der Waals surface area contributed by atoms with E-state index in [1.54, 1.807) is 16.1 Å². The lowest BCUT2D eigenvalue weighted by Crippen LogP contribution is -2.47. The molecule has 0 spiro atoms. The highest BCUT2D eigenvalue weighted by Crippen LogP contribution is 2.36. The van der Waals surface area contributed by atoms with E-state index in [-0.39, 0.29) is 60.5 Å². The number of hydrogen-bond acceptors (Lipinski definition) is 14. The van der Waals surface area contributed by atoms with Gasteiger partial charge in [-0.05, 0) is 80.5 Å². The number of amides is 4. The van der Waals surface area contributed by atoms with Crippen LogP contribution in [0.1, 0.15) is 99.4 Å². The van der Waals surface area contributed by atoms with E-state index in [9.17, 15) is 37.5 Å². The fourth-order valence-corrected chi connectivity index (χ4v) is 9.93. The maximum Gasteiger partial charge on any atom is 0.573 e. The minimum absolute atomic E-state index is 0.0611. The van der Waals surface area contributed by atoms with Crippen molar-refractivity contribution in [1.82, 2.24) is 40.6 Å². The van der Waals surface area contributed by atoms with Gasteiger partial charge in [-0.2, -0.15) is 0 Å². The number of hydrogen-bond donors (Lipinski definition) is 5. The second-order valence-corrected chi connectivity index (χ2v) is 20.3. The molecule has 5 heterocycles.